The minimum Gasteiger partial charge on any atom is -0.480 e. The van der Waals surface area contributed by atoms with Crippen LogP contribution >= 0.6 is 0 Å². The smallest absolute Gasteiger partial charge is 0.416 e. The Morgan fingerprint density at radius 1 is 1.06 bits per heavy atom. The fraction of sp³-hybridized carbons (Fsp3) is 0.240. The average Bonchev–Trinajstić information content (AvgIpc) is 2.95. The third kappa shape index (κ3) is 5.62. The van der Waals surface area contributed by atoms with E-state index in [2.05, 4.69) is 4.72 Å². The normalized spacial score (nSPS) is 16.2. The molecular weight excluding hydrogens is 500 g/mol. The van der Waals surface area contributed by atoms with Gasteiger partial charge in [-0.3, -0.25) is 9.52 Å². The van der Waals surface area contributed by atoms with Gasteiger partial charge in [-0.1, -0.05) is 19.1 Å². The van der Waals surface area contributed by atoms with E-state index in [1.807, 2.05) is 0 Å². The second kappa shape index (κ2) is 9.81. The quantitative estimate of drug-likeness (QED) is 0.443. The zero-order valence-corrected chi connectivity index (χ0v) is 19.9. The number of hydrogen-bond acceptors (Lipinski definition) is 4. The molecule has 0 unspecified atom stereocenters. The van der Waals surface area contributed by atoms with Gasteiger partial charge < -0.3 is 9.64 Å². The van der Waals surface area contributed by atoms with E-state index >= 15 is 0 Å². The molecule has 3 aromatic rings. The predicted octanol–water partition coefficient (Wildman–Crippen LogP) is 5.35. The van der Waals surface area contributed by atoms with Crippen LogP contribution in [-0.2, 0) is 34.1 Å². The van der Waals surface area contributed by atoms with Gasteiger partial charge in [-0.05, 0) is 66.6 Å². The Kier molecular flexibility index (Phi) is 6.94. The van der Waals surface area contributed by atoms with Gasteiger partial charge in [0.2, 0.25) is 0 Å². The number of sulfonamides is 1. The standard InChI is InChI=1S/C25H22F4N2O4S/c1-2-22-24(32)31(14-16-4-3-5-18(12-16)25(27,28)29)15-17-13-20(8-11-23(17)35-22)30-36(33,34)21-9-6-19(26)7-10-21/h3-13,22,30H,2,14-15H2,1H3/t22-/m1/s1. The molecule has 190 valence electrons. The van der Waals surface area contributed by atoms with E-state index in [4.69, 9.17) is 4.74 Å². The lowest BCUT2D eigenvalue weighted by Crippen LogP contribution is -2.38. The third-order valence-corrected chi connectivity index (χ3v) is 7.05. The Balaban J connectivity index is 1.62. The highest BCUT2D eigenvalue weighted by Gasteiger charge is 2.32. The fourth-order valence-corrected chi connectivity index (χ4v) is 4.91. The lowest BCUT2D eigenvalue weighted by atomic mass is 10.1. The maximum Gasteiger partial charge on any atom is 0.416 e. The average molecular weight is 523 g/mol. The first-order chi connectivity index (χ1) is 17.0. The van der Waals surface area contributed by atoms with Crippen LogP contribution in [0.3, 0.4) is 0 Å². The van der Waals surface area contributed by atoms with Crippen molar-refractivity contribution >= 4 is 21.6 Å². The molecule has 1 heterocycles. The number of carbonyl (C=O) groups is 1. The van der Waals surface area contributed by atoms with Crippen LogP contribution in [0.2, 0.25) is 0 Å². The topological polar surface area (TPSA) is 75.7 Å². The van der Waals surface area contributed by atoms with E-state index in [0.717, 1.165) is 36.4 Å². The van der Waals surface area contributed by atoms with Crippen LogP contribution in [0.15, 0.2) is 71.6 Å². The molecule has 0 radical (unpaired) electrons. The van der Waals surface area contributed by atoms with Crippen LogP contribution < -0.4 is 9.46 Å². The van der Waals surface area contributed by atoms with Crippen LogP contribution in [0.1, 0.15) is 30.0 Å². The lowest BCUT2D eigenvalue weighted by Gasteiger charge is -2.23. The van der Waals surface area contributed by atoms with E-state index < -0.39 is 33.7 Å². The first-order valence-electron chi connectivity index (χ1n) is 11.0. The molecule has 1 amide bonds. The molecule has 0 fully saturated rings. The van der Waals surface area contributed by atoms with Gasteiger partial charge in [0.15, 0.2) is 6.10 Å². The summed E-state index contributed by atoms with van der Waals surface area (Å²) in [5.74, 6) is -0.599. The van der Waals surface area contributed by atoms with E-state index in [1.165, 1.54) is 35.2 Å². The molecule has 0 bridgehead atoms. The summed E-state index contributed by atoms with van der Waals surface area (Å²) in [5, 5.41) is 0. The second-order valence-corrected chi connectivity index (χ2v) is 9.97. The van der Waals surface area contributed by atoms with E-state index in [-0.39, 0.29) is 29.6 Å². The summed E-state index contributed by atoms with van der Waals surface area (Å²) in [4.78, 5) is 14.3. The molecule has 1 N–H and O–H groups in total. The van der Waals surface area contributed by atoms with Gasteiger partial charge in [-0.15, -0.1) is 0 Å². The van der Waals surface area contributed by atoms with Crippen LogP contribution in [-0.4, -0.2) is 25.3 Å². The van der Waals surface area contributed by atoms with Crippen molar-refractivity contribution in [3.05, 3.63) is 89.2 Å². The van der Waals surface area contributed by atoms with Crippen LogP contribution in [0.25, 0.3) is 0 Å². The number of nitrogens with zero attached hydrogens (tertiary/aromatic N) is 1. The Bertz CT molecular complexity index is 1380. The number of benzene rings is 3. The highest BCUT2D eigenvalue weighted by Crippen LogP contribution is 2.33. The first kappa shape index (κ1) is 25.5. The van der Waals surface area contributed by atoms with Gasteiger partial charge in [-0.25, -0.2) is 12.8 Å². The zero-order valence-electron chi connectivity index (χ0n) is 19.0. The summed E-state index contributed by atoms with van der Waals surface area (Å²) in [6, 6.07) is 13.6. The number of hydrogen-bond donors (Lipinski definition) is 1. The Hall–Kier alpha value is -3.60. The highest BCUT2D eigenvalue weighted by molar-refractivity contribution is 7.92. The number of fused-ring (bicyclic) bond motifs is 1. The maximum atomic E-state index is 13.2. The SMILES string of the molecule is CC[C@H]1Oc2ccc(NS(=O)(=O)c3ccc(F)cc3)cc2CN(Cc2cccc(C(F)(F)F)c2)C1=O. The Labute approximate surface area is 205 Å². The van der Waals surface area contributed by atoms with Crippen molar-refractivity contribution < 1.29 is 35.5 Å². The number of ether oxygens (including phenoxy) is 1. The number of amides is 1. The summed E-state index contributed by atoms with van der Waals surface area (Å²) >= 11 is 0. The third-order valence-electron chi connectivity index (χ3n) is 5.65. The summed E-state index contributed by atoms with van der Waals surface area (Å²) in [6.07, 6.45) is -5.04. The van der Waals surface area contributed by atoms with Crippen molar-refractivity contribution in [2.24, 2.45) is 0 Å². The molecule has 0 aromatic heterocycles. The summed E-state index contributed by atoms with van der Waals surface area (Å²) in [6.45, 7) is 1.65. The maximum absolute atomic E-state index is 13.2. The molecule has 0 saturated heterocycles. The predicted molar refractivity (Wildman–Crippen MR) is 124 cm³/mol. The van der Waals surface area contributed by atoms with Crippen LogP contribution in [0.5, 0.6) is 5.75 Å². The van der Waals surface area contributed by atoms with Gasteiger partial charge in [0.05, 0.1) is 10.5 Å². The zero-order chi connectivity index (χ0) is 26.1. The molecule has 1 aliphatic heterocycles. The van der Waals surface area contributed by atoms with Gasteiger partial charge >= 0.3 is 6.18 Å². The molecule has 1 atom stereocenters. The van der Waals surface area contributed by atoms with Crippen molar-refractivity contribution in [2.45, 2.75) is 43.6 Å². The molecule has 3 aromatic carbocycles. The number of halogens is 4. The minimum absolute atomic E-state index is 0.00692. The molecule has 0 aliphatic carbocycles. The monoisotopic (exact) mass is 522 g/mol. The summed E-state index contributed by atoms with van der Waals surface area (Å²) in [5.41, 5.74) is 0.141. The van der Waals surface area contributed by atoms with Crippen molar-refractivity contribution in [2.75, 3.05) is 4.72 Å². The van der Waals surface area contributed by atoms with E-state index in [1.54, 1.807) is 6.92 Å². The second-order valence-electron chi connectivity index (χ2n) is 8.29. The van der Waals surface area contributed by atoms with Crippen molar-refractivity contribution in [3.63, 3.8) is 0 Å². The number of carbonyl (C=O) groups excluding carboxylic acids is 1. The molecular formula is C25H22F4N2O4S. The number of rotatable bonds is 6. The Morgan fingerprint density at radius 2 is 1.78 bits per heavy atom. The highest BCUT2D eigenvalue weighted by atomic mass is 32.2. The number of anilines is 1. The molecule has 11 heteroatoms. The van der Waals surface area contributed by atoms with Gasteiger partial charge in [-0.2, -0.15) is 13.2 Å². The van der Waals surface area contributed by atoms with Crippen LogP contribution in [0.4, 0.5) is 23.2 Å². The van der Waals surface area contributed by atoms with Gasteiger partial charge in [0.25, 0.3) is 15.9 Å². The van der Waals surface area contributed by atoms with Crippen molar-refractivity contribution in [1.29, 1.82) is 0 Å². The molecule has 0 spiro atoms. The summed E-state index contributed by atoms with van der Waals surface area (Å²) < 4.78 is 86.3. The lowest BCUT2D eigenvalue weighted by molar-refractivity contribution is -0.139. The minimum atomic E-state index is -4.52. The number of nitrogens with one attached hydrogen (secondary N) is 1. The largest absolute Gasteiger partial charge is 0.480 e. The molecule has 1 aliphatic rings. The molecule has 36 heavy (non-hydrogen) atoms. The molecule has 6 nitrogen and oxygen atoms in total. The van der Waals surface area contributed by atoms with Gasteiger partial charge in [0, 0.05) is 24.3 Å². The summed E-state index contributed by atoms with van der Waals surface area (Å²) in [7, 11) is -4.02. The van der Waals surface area contributed by atoms with E-state index in [0.29, 0.717) is 23.3 Å². The van der Waals surface area contributed by atoms with Crippen molar-refractivity contribution in [3.8, 4) is 5.75 Å². The molecule has 4 rings (SSSR count). The Morgan fingerprint density at radius 3 is 2.44 bits per heavy atom. The van der Waals surface area contributed by atoms with Crippen LogP contribution in [0, 0.1) is 5.82 Å². The van der Waals surface area contributed by atoms with Crippen molar-refractivity contribution in [1.82, 2.24) is 4.90 Å². The molecule has 0 saturated carbocycles. The number of alkyl halides is 3. The van der Waals surface area contributed by atoms with E-state index in [9.17, 15) is 30.8 Å². The first-order valence-corrected chi connectivity index (χ1v) is 12.5. The van der Waals surface area contributed by atoms with Gasteiger partial charge in [0.1, 0.15) is 11.6 Å². The fourth-order valence-electron chi connectivity index (χ4n) is 3.86.